The van der Waals surface area contributed by atoms with Gasteiger partial charge in [-0.2, -0.15) is 0 Å². The molecule has 0 radical (unpaired) electrons. The lowest BCUT2D eigenvalue weighted by molar-refractivity contribution is 0.0998. The molecule has 0 saturated carbocycles. The van der Waals surface area contributed by atoms with Crippen LogP contribution in [0.4, 0.5) is 5.69 Å². The number of hydrogen-bond acceptors (Lipinski definition) is 5. The average molecular weight is 297 g/mol. The van der Waals surface area contributed by atoms with Gasteiger partial charge in [0.2, 0.25) is 5.88 Å². The minimum Gasteiger partial charge on any atom is -0.476 e. The molecular weight excluding hydrogens is 282 g/mol. The number of nitrogens with one attached hydrogen (secondary N) is 1. The Bertz CT molecular complexity index is 826. The maximum atomic E-state index is 12.3. The smallest absolute Gasteiger partial charge is 0.291 e. The van der Waals surface area contributed by atoms with Gasteiger partial charge in [0.05, 0.1) is 6.61 Å². The topological polar surface area (TPSA) is 77.2 Å². The quantitative estimate of drug-likeness (QED) is 0.800. The van der Waals surface area contributed by atoms with E-state index in [1.54, 1.807) is 30.5 Å². The summed E-state index contributed by atoms with van der Waals surface area (Å²) in [4.78, 5) is 20.7. The van der Waals surface area contributed by atoms with Crippen molar-refractivity contribution in [1.29, 1.82) is 0 Å². The van der Waals surface area contributed by atoms with E-state index < -0.39 is 0 Å². The molecule has 112 valence electrons. The van der Waals surface area contributed by atoms with Crippen LogP contribution < -0.4 is 10.1 Å². The lowest BCUT2D eigenvalue weighted by Gasteiger charge is -2.08. The zero-order chi connectivity index (χ0) is 15.5. The third kappa shape index (κ3) is 2.76. The standard InChI is InChI=1S/C16H15N3O3/c1-3-21-16-11(5-4-8-17-16)19-15(20)14-9-12-13(22-14)7-6-10(2)18-12/h4-9H,3H2,1-2H3,(H,19,20). The molecule has 0 fully saturated rings. The van der Waals surface area contributed by atoms with E-state index in [0.717, 1.165) is 5.69 Å². The molecule has 0 atom stereocenters. The van der Waals surface area contributed by atoms with Gasteiger partial charge in [-0.3, -0.25) is 4.79 Å². The Hall–Kier alpha value is -2.89. The molecule has 3 heterocycles. The second-order valence-corrected chi connectivity index (χ2v) is 4.69. The lowest BCUT2D eigenvalue weighted by Crippen LogP contribution is -2.12. The minimum atomic E-state index is -0.371. The first kappa shape index (κ1) is 14.1. The van der Waals surface area contributed by atoms with E-state index in [1.807, 2.05) is 19.9 Å². The van der Waals surface area contributed by atoms with Crippen molar-refractivity contribution in [2.45, 2.75) is 13.8 Å². The van der Waals surface area contributed by atoms with Crippen molar-refractivity contribution in [1.82, 2.24) is 9.97 Å². The summed E-state index contributed by atoms with van der Waals surface area (Å²) in [6.45, 7) is 4.21. The molecule has 0 aromatic carbocycles. The maximum Gasteiger partial charge on any atom is 0.291 e. The van der Waals surface area contributed by atoms with Crippen LogP contribution in [0, 0.1) is 6.92 Å². The van der Waals surface area contributed by atoms with Crippen molar-refractivity contribution in [3.63, 3.8) is 0 Å². The van der Waals surface area contributed by atoms with Crippen LogP contribution in [0.1, 0.15) is 23.2 Å². The molecule has 6 heteroatoms. The Morgan fingerprint density at radius 3 is 3.05 bits per heavy atom. The molecule has 22 heavy (non-hydrogen) atoms. The highest BCUT2D eigenvalue weighted by molar-refractivity contribution is 6.04. The van der Waals surface area contributed by atoms with Crippen LogP contribution in [0.3, 0.4) is 0 Å². The average Bonchev–Trinajstić information content (AvgIpc) is 2.92. The fourth-order valence-electron chi connectivity index (χ4n) is 2.06. The van der Waals surface area contributed by atoms with Gasteiger partial charge in [0, 0.05) is 18.0 Å². The predicted molar refractivity (Wildman–Crippen MR) is 82.1 cm³/mol. The molecule has 1 N–H and O–H groups in total. The Morgan fingerprint density at radius 2 is 2.23 bits per heavy atom. The number of hydrogen-bond donors (Lipinski definition) is 1. The van der Waals surface area contributed by atoms with Gasteiger partial charge in [0.15, 0.2) is 11.3 Å². The Labute approximate surface area is 127 Å². The van der Waals surface area contributed by atoms with Crippen LogP contribution in [0.15, 0.2) is 40.9 Å². The highest BCUT2D eigenvalue weighted by Crippen LogP contribution is 2.23. The first-order valence-corrected chi connectivity index (χ1v) is 6.93. The normalized spacial score (nSPS) is 10.6. The van der Waals surface area contributed by atoms with Crippen LogP contribution in [-0.4, -0.2) is 22.5 Å². The number of rotatable bonds is 4. The number of anilines is 1. The van der Waals surface area contributed by atoms with Crippen LogP contribution in [0.5, 0.6) is 5.88 Å². The van der Waals surface area contributed by atoms with E-state index in [2.05, 4.69) is 15.3 Å². The summed E-state index contributed by atoms with van der Waals surface area (Å²) < 4.78 is 10.9. The fourth-order valence-corrected chi connectivity index (χ4v) is 2.06. The predicted octanol–water partition coefficient (Wildman–Crippen LogP) is 3.18. The molecule has 1 amide bonds. The summed E-state index contributed by atoms with van der Waals surface area (Å²) >= 11 is 0. The van der Waals surface area contributed by atoms with E-state index in [4.69, 9.17) is 9.15 Å². The molecular formula is C16H15N3O3. The molecule has 0 aliphatic heterocycles. The number of furan rings is 1. The molecule has 3 aromatic heterocycles. The third-order valence-corrected chi connectivity index (χ3v) is 3.04. The van der Waals surface area contributed by atoms with E-state index in [9.17, 15) is 4.79 Å². The van der Waals surface area contributed by atoms with Gasteiger partial charge in [-0.15, -0.1) is 0 Å². The Kier molecular flexibility index (Phi) is 3.74. The summed E-state index contributed by atoms with van der Waals surface area (Å²) in [5.74, 6) is 0.201. The second-order valence-electron chi connectivity index (χ2n) is 4.69. The van der Waals surface area contributed by atoms with Crippen molar-refractivity contribution in [3.05, 3.63) is 48.0 Å². The highest BCUT2D eigenvalue weighted by Gasteiger charge is 2.15. The van der Waals surface area contributed by atoms with E-state index in [-0.39, 0.29) is 11.7 Å². The SMILES string of the molecule is CCOc1ncccc1NC(=O)c1cc2nc(C)ccc2o1. The first-order valence-electron chi connectivity index (χ1n) is 6.93. The largest absolute Gasteiger partial charge is 0.476 e. The number of nitrogens with zero attached hydrogens (tertiary/aromatic N) is 2. The van der Waals surface area contributed by atoms with Crippen LogP contribution >= 0.6 is 0 Å². The summed E-state index contributed by atoms with van der Waals surface area (Å²) in [6.07, 6.45) is 1.61. The van der Waals surface area contributed by atoms with Gasteiger partial charge in [0.1, 0.15) is 11.2 Å². The van der Waals surface area contributed by atoms with Gasteiger partial charge in [-0.25, -0.2) is 9.97 Å². The zero-order valence-electron chi connectivity index (χ0n) is 12.3. The lowest BCUT2D eigenvalue weighted by atomic mass is 10.3. The van der Waals surface area contributed by atoms with Crippen LogP contribution in [0.2, 0.25) is 0 Å². The van der Waals surface area contributed by atoms with Crippen molar-refractivity contribution in [2.75, 3.05) is 11.9 Å². The van der Waals surface area contributed by atoms with Crippen molar-refractivity contribution in [3.8, 4) is 5.88 Å². The van der Waals surface area contributed by atoms with E-state index in [0.29, 0.717) is 29.3 Å². The van der Waals surface area contributed by atoms with Crippen LogP contribution in [0.25, 0.3) is 11.1 Å². The third-order valence-electron chi connectivity index (χ3n) is 3.04. The number of pyridine rings is 2. The fraction of sp³-hybridized carbons (Fsp3) is 0.188. The van der Waals surface area contributed by atoms with Gasteiger partial charge < -0.3 is 14.5 Å². The van der Waals surface area contributed by atoms with E-state index in [1.165, 1.54) is 0 Å². The summed E-state index contributed by atoms with van der Waals surface area (Å²) in [5.41, 5.74) is 2.60. The van der Waals surface area contributed by atoms with Crippen molar-refractivity contribution in [2.24, 2.45) is 0 Å². The molecule has 0 bridgehead atoms. The first-order chi connectivity index (χ1) is 10.7. The number of aromatic nitrogens is 2. The van der Waals surface area contributed by atoms with Gasteiger partial charge in [-0.1, -0.05) is 0 Å². The molecule has 6 nitrogen and oxygen atoms in total. The number of fused-ring (bicyclic) bond motifs is 1. The number of aryl methyl sites for hydroxylation is 1. The van der Waals surface area contributed by atoms with Crippen molar-refractivity contribution >= 4 is 22.7 Å². The zero-order valence-corrected chi connectivity index (χ0v) is 12.3. The molecule has 0 spiro atoms. The molecule has 0 aliphatic rings. The van der Waals surface area contributed by atoms with Gasteiger partial charge in [0.25, 0.3) is 5.91 Å². The number of carbonyl (C=O) groups is 1. The minimum absolute atomic E-state index is 0.194. The maximum absolute atomic E-state index is 12.3. The number of carbonyl (C=O) groups excluding carboxylic acids is 1. The summed E-state index contributed by atoms with van der Waals surface area (Å²) in [5, 5.41) is 2.74. The van der Waals surface area contributed by atoms with Gasteiger partial charge >= 0.3 is 0 Å². The molecule has 0 unspecified atom stereocenters. The van der Waals surface area contributed by atoms with E-state index >= 15 is 0 Å². The molecule has 3 aromatic rings. The van der Waals surface area contributed by atoms with Crippen molar-refractivity contribution < 1.29 is 13.9 Å². The highest BCUT2D eigenvalue weighted by atomic mass is 16.5. The van der Waals surface area contributed by atoms with Gasteiger partial charge in [-0.05, 0) is 38.1 Å². The second kappa shape index (κ2) is 5.85. The Morgan fingerprint density at radius 1 is 1.36 bits per heavy atom. The number of amides is 1. The monoisotopic (exact) mass is 297 g/mol. The summed E-state index contributed by atoms with van der Waals surface area (Å²) in [7, 11) is 0. The molecule has 0 aliphatic carbocycles. The van der Waals surface area contributed by atoms with Crippen LogP contribution in [-0.2, 0) is 0 Å². The molecule has 3 rings (SSSR count). The Balaban J connectivity index is 1.87. The molecule has 0 saturated heterocycles. The summed E-state index contributed by atoms with van der Waals surface area (Å²) in [6, 6.07) is 8.70. The number of ether oxygens (including phenoxy) is 1.